The van der Waals surface area contributed by atoms with Crippen LogP contribution in [0.5, 0.6) is 0 Å². The van der Waals surface area contributed by atoms with Crippen molar-refractivity contribution in [2.45, 2.75) is 46.1 Å². The molecule has 2 saturated heterocycles. The molecule has 1 aromatic carbocycles. The van der Waals surface area contributed by atoms with Crippen molar-refractivity contribution >= 4 is 17.5 Å². The Kier molecular flexibility index (Phi) is 5.69. The molecule has 2 fully saturated rings. The number of amides is 1. The van der Waals surface area contributed by atoms with Gasteiger partial charge in [0.15, 0.2) is 11.6 Å². The van der Waals surface area contributed by atoms with Crippen molar-refractivity contribution in [1.82, 2.24) is 15.1 Å². The second kappa shape index (κ2) is 8.39. The fourth-order valence-electron chi connectivity index (χ4n) is 4.27. The lowest BCUT2D eigenvalue weighted by Gasteiger charge is -2.36. The van der Waals surface area contributed by atoms with E-state index in [0.717, 1.165) is 42.4 Å². The minimum absolute atomic E-state index is 0.119. The molecular formula is C23H31N5O. The number of nitrogens with zero attached hydrogens (tertiary/aromatic N) is 5. The zero-order valence-corrected chi connectivity index (χ0v) is 17.8. The minimum Gasteiger partial charge on any atom is -0.352 e. The van der Waals surface area contributed by atoms with Crippen molar-refractivity contribution in [3.05, 3.63) is 47.0 Å². The van der Waals surface area contributed by atoms with Gasteiger partial charge in [0.25, 0.3) is 5.91 Å². The molecule has 0 bridgehead atoms. The van der Waals surface area contributed by atoms with E-state index >= 15 is 0 Å². The number of piperidine rings is 1. The predicted octanol–water partition coefficient (Wildman–Crippen LogP) is 3.43. The van der Waals surface area contributed by atoms with Crippen LogP contribution < -0.4 is 9.80 Å². The van der Waals surface area contributed by atoms with Crippen LogP contribution in [0.3, 0.4) is 0 Å². The van der Waals surface area contributed by atoms with Gasteiger partial charge >= 0.3 is 0 Å². The Bertz CT molecular complexity index is 858. The van der Waals surface area contributed by atoms with Gasteiger partial charge in [-0.15, -0.1) is 10.2 Å². The number of benzene rings is 1. The van der Waals surface area contributed by atoms with Crippen molar-refractivity contribution in [1.29, 1.82) is 0 Å². The third-order valence-electron chi connectivity index (χ3n) is 6.38. The molecule has 1 aromatic heterocycles. The lowest BCUT2D eigenvalue weighted by Crippen LogP contribution is -2.49. The van der Waals surface area contributed by atoms with Gasteiger partial charge in [-0.1, -0.05) is 6.07 Å². The van der Waals surface area contributed by atoms with Gasteiger partial charge in [-0.3, -0.25) is 4.79 Å². The average Bonchev–Trinajstić information content (AvgIpc) is 2.76. The van der Waals surface area contributed by atoms with Crippen LogP contribution in [0, 0.1) is 13.8 Å². The Hall–Kier alpha value is -2.63. The van der Waals surface area contributed by atoms with E-state index in [-0.39, 0.29) is 5.91 Å². The zero-order chi connectivity index (χ0) is 20.4. The van der Waals surface area contributed by atoms with Gasteiger partial charge in [-0.2, -0.15) is 0 Å². The molecule has 29 heavy (non-hydrogen) atoms. The van der Waals surface area contributed by atoms with Crippen LogP contribution in [0.2, 0.25) is 0 Å². The van der Waals surface area contributed by atoms with Crippen LogP contribution in [0.25, 0.3) is 0 Å². The van der Waals surface area contributed by atoms with Gasteiger partial charge in [0.2, 0.25) is 0 Å². The van der Waals surface area contributed by atoms with Gasteiger partial charge in [-0.05, 0) is 75.4 Å². The summed E-state index contributed by atoms with van der Waals surface area (Å²) in [6.07, 6.45) is 3.75. The molecule has 4 rings (SSSR count). The molecule has 3 heterocycles. The number of hydrogen-bond acceptors (Lipinski definition) is 5. The van der Waals surface area contributed by atoms with Gasteiger partial charge < -0.3 is 14.7 Å². The minimum atomic E-state index is 0.119. The first-order valence-corrected chi connectivity index (χ1v) is 10.7. The highest BCUT2D eigenvalue weighted by Crippen LogP contribution is 2.24. The summed E-state index contributed by atoms with van der Waals surface area (Å²) in [5, 5.41) is 8.99. The first kappa shape index (κ1) is 19.7. The first-order chi connectivity index (χ1) is 14.0. The second-order valence-corrected chi connectivity index (χ2v) is 8.37. The number of carbonyl (C=O) groups excluding carboxylic acids is 1. The fraction of sp³-hybridized carbons (Fsp3) is 0.522. The van der Waals surface area contributed by atoms with E-state index < -0.39 is 0 Å². The maximum Gasteiger partial charge on any atom is 0.253 e. The second-order valence-electron chi connectivity index (χ2n) is 8.37. The summed E-state index contributed by atoms with van der Waals surface area (Å²) in [7, 11) is 0. The molecular weight excluding hydrogens is 362 g/mol. The molecule has 154 valence electrons. The predicted molar refractivity (Wildman–Crippen MR) is 117 cm³/mol. The number of aryl methyl sites for hydroxylation is 2. The summed E-state index contributed by atoms with van der Waals surface area (Å²) in [4.78, 5) is 19.4. The Balaban J connectivity index is 1.36. The molecule has 2 aliphatic heterocycles. The number of rotatable bonds is 3. The molecule has 6 nitrogen and oxygen atoms in total. The van der Waals surface area contributed by atoms with E-state index in [0.29, 0.717) is 19.1 Å². The Labute approximate surface area is 173 Å². The molecule has 1 unspecified atom stereocenters. The van der Waals surface area contributed by atoms with Crippen molar-refractivity contribution < 1.29 is 4.79 Å². The maximum atomic E-state index is 12.8. The standard InChI is InChI=1S/C23H31N5O/c1-17-7-8-20(16-18(17)2)23(29)27-14-12-26(13-15-27)21-9-10-22(25-24-21)28-11-5-4-6-19(28)3/h7-10,16,19H,4-6,11-15H2,1-3H3. The fourth-order valence-corrected chi connectivity index (χ4v) is 4.27. The Morgan fingerprint density at radius 2 is 1.62 bits per heavy atom. The molecule has 1 amide bonds. The van der Waals surface area contributed by atoms with Gasteiger partial charge in [0.1, 0.15) is 0 Å². The molecule has 0 saturated carbocycles. The van der Waals surface area contributed by atoms with Crippen LogP contribution in [0.1, 0.15) is 47.7 Å². The largest absolute Gasteiger partial charge is 0.352 e. The lowest BCUT2D eigenvalue weighted by molar-refractivity contribution is 0.0746. The molecule has 0 spiro atoms. The monoisotopic (exact) mass is 393 g/mol. The third kappa shape index (κ3) is 4.21. The van der Waals surface area contributed by atoms with Crippen molar-refractivity contribution in [3.8, 4) is 0 Å². The SMILES string of the molecule is Cc1ccc(C(=O)N2CCN(c3ccc(N4CCCCC4C)nn3)CC2)cc1C. The topological polar surface area (TPSA) is 52.6 Å². The zero-order valence-electron chi connectivity index (χ0n) is 17.8. The number of anilines is 2. The highest BCUT2D eigenvalue weighted by molar-refractivity contribution is 5.94. The van der Waals surface area contributed by atoms with E-state index in [1.54, 1.807) is 0 Å². The lowest BCUT2D eigenvalue weighted by atomic mass is 10.0. The summed E-state index contributed by atoms with van der Waals surface area (Å²) in [5.41, 5.74) is 3.15. The Morgan fingerprint density at radius 3 is 2.28 bits per heavy atom. The smallest absolute Gasteiger partial charge is 0.253 e. The summed E-state index contributed by atoms with van der Waals surface area (Å²) in [5.74, 6) is 1.99. The van der Waals surface area contributed by atoms with Gasteiger partial charge in [0.05, 0.1) is 0 Å². The highest BCUT2D eigenvalue weighted by atomic mass is 16.2. The van der Waals surface area contributed by atoms with E-state index in [1.807, 2.05) is 23.1 Å². The molecule has 2 aromatic rings. The van der Waals surface area contributed by atoms with Crippen molar-refractivity contribution in [2.75, 3.05) is 42.5 Å². The summed E-state index contributed by atoms with van der Waals surface area (Å²) in [6, 6.07) is 10.7. The number of piperazine rings is 1. The molecule has 2 aliphatic rings. The normalized spacial score (nSPS) is 20.1. The molecule has 1 atom stereocenters. The Morgan fingerprint density at radius 1 is 0.897 bits per heavy atom. The highest BCUT2D eigenvalue weighted by Gasteiger charge is 2.24. The first-order valence-electron chi connectivity index (χ1n) is 10.7. The van der Waals surface area contributed by atoms with Crippen LogP contribution in [0.15, 0.2) is 30.3 Å². The maximum absolute atomic E-state index is 12.8. The number of aromatic nitrogens is 2. The van der Waals surface area contributed by atoms with E-state index in [2.05, 4.69) is 52.9 Å². The average molecular weight is 394 g/mol. The number of carbonyl (C=O) groups is 1. The van der Waals surface area contributed by atoms with Gasteiger partial charge in [0, 0.05) is 44.3 Å². The van der Waals surface area contributed by atoms with E-state index in [9.17, 15) is 4.79 Å². The molecule has 0 aliphatic carbocycles. The number of hydrogen-bond donors (Lipinski definition) is 0. The molecule has 6 heteroatoms. The van der Waals surface area contributed by atoms with E-state index in [1.165, 1.54) is 24.8 Å². The van der Waals surface area contributed by atoms with Crippen molar-refractivity contribution in [3.63, 3.8) is 0 Å². The molecule has 0 radical (unpaired) electrons. The van der Waals surface area contributed by atoms with Crippen LogP contribution in [-0.4, -0.2) is 59.8 Å². The van der Waals surface area contributed by atoms with Crippen molar-refractivity contribution in [2.24, 2.45) is 0 Å². The van der Waals surface area contributed by atoms with E-state index in [4.69, 9.17) is 0 Å². The van der Waals surface area contributed by atoms with Crippen LogP contribution in [-0.2, 0) is 0 Å². The van der Waals surface area contributed by atoms with Gasteiger partial charge in [-0.25, -0.2) is 0 Å². The summed E-state index contributed by atoms with van der Waals surface area (Å²) in [6.45, 7) is 10.4. The third-order valence-corrected chi connectivity index (χ3v) is 6.38. The molecule has 0 N–H and O–H groups in total. The quantitative estimate of drug-likeness (QED) is 0.800. The van der Waals surface area contributed by atoms with Crippen LogP contribution in [0.4, 0.5) is 11.6 Å². The summed E-state index contributed by atoms with van der Waals surface area (Å²) < 4.78 is 0. The van der Waals surface area contributed by atoms with Crippen LogP contribution >= 0.6 is 0 Å². The summed E-state index contributed by atoms with van der Waals surface area (Å²) >= 11 is 0.